The molecule has 0 aliphatic carbocycles. The van der Waals surface area contributed by atoms with E-state index >= 15 is 0 Å². The Kier molecular flexibility index (Phi) is 4.78. The number of nitrogens with one attached hydrogen (secondary N) is 1. The molecule has 0 fully saturated rings. The lowest BCUT2D eigenvalue weighted by atomic mass is 10.0. The Morgan fingerprint density at radius 1 is 1.20 bits per heavy atom. The van der Waals surface area contributed by atoms with Gasteiger partial charge in [-0.25, -0.2) is 8.78 Å². The van der Waals surface area contributed by atoms with Crippen LogP contribution in [0.5, 0.6) is 0 Å². The first-order chi connectivity index (χ1) is 9.43. The van der Waals surface area contributed by atoms with Crippen LogP contribution in [-0.4, -0.2) is 6.54 Å². The number of benzene rings is 1. The highest BCUT2D eigenvalue weighted by Gasteiger charge is 2.22. The smallest absolute Gasteiger partial charge is 0.142 e. The Hall–Kier alpha value is -0.970. The quantitative estimate of drug-likeness (QED) is 0.783. The van der Waals surface area contributed by atoms with Crippen molar-refractivity contribution in [2.24, 2.45) is 0 Å². The van der Waals surface area contributed by atoms with Crippen molar-refractivity contribution in [3.63, 3.8) is 0 Å². The highest BCUT2D eigenvalue weighted by Crippen LogP contribution is 2.34. The molecule has 0 amide bonds. The molecule has 1 nitrogen and oxygen atoms in total. The van der Waals surface area contributed by atoms with Crippen LogP contribution in [0.2, 0.25) is 5.02 Å². The minimum absolute atomic E-state index is 0.194. The van der Waals surface area contributed by atoms with Crippen LogP contribution in [0.15, 0.2) is 18.2 Å². The first-order valence-electron chi connectivity index (χ1n) is 6.38. The summed E-state index contributed by atoms with van der Waals surface area (Å²) in [4.78, 5) is 2.15. The molecular formula is C15H16ClF2NS. The van der Waals surface area contributed by atoms with Crippen molar-refractivity contribution in [1.29, 1.82) is 0 Å². The zero-order valence-electron chi connectivity index (χ0n) is 11.6. The van der Waals surface area contributed by atoms with Gasteiger partial charge in [0.1, 0.15) is 11.6 Å². The summed E-state index contributed by atoms with van der Waals surface area (Å²) in [5.74, 6) is -1.09. The summed E-state index contributed by atoms with van der Waals surface area (Å²) in [6.45, 7) is 6.58. The van der Waals surface area contributed by atoms with Crippen molar-refractivity contribution < 1.29 is 8.78 Å². The zero-order valence-corrected chi connectivity index (χ0v) is 13.1. The Labute approximate surface area is 126 Å². The number of aryl methyl sites for hydroxylation is 2. The topological polar surface area (TPSA) is 12.0 Å². The molecule has 5 heteroatoms. The zero-order chi connectivity index (χ0) is 14.9. The summed E-state index contributed by atoms with van der Waals surface area (Å²) < 4.78 is 27.8. The van der Waals surface area contributed by atoms with Crippen molar-refractivity contribution in [2.45, 2.75) is 26.8 Å². The summed E-state index contributed by atoms with van der Waals surface area (Å²) in [6.07, 6.45) is 0. The molecule has 1 heterocycles. The Bertz CT molecular complexity index is 625. The summed E-state index contributed by atoms with van der Waals surface area (Å²) in [5, 5.41) is 3.02. The van der Waals surface area contributed by atoms with E-state index < -0.39 is 11.6 Å². The van der Waals surface area contributed by atoms with Crippen LogP contribution >= 0.6 is 22.9 Å². The number of hydrogen-bond acceptors (Lipinski definition) is 2. The minimum Gasteiger partial charge on any atom is -0.306 e. The average molecular weight is 316 g/mol. The van der Waals surface area contributed by atoms with Gasteiger partial charge in [0, 0.05) is 15.3 Å². The van der Waals surface area contributed by atoms with Crippen molar-refractivity contribution in [3.05, 3.63) is 55.7 Å². The van der Waals surface area contributed by atoms with Gasteiger partial charge in [0.15, 0.2) is 0 Å². The van der Waals surface area contributed by atoms with E-state index in [4.69, 9.17) is 11.6 Å². The van der Waals surface area contributed by atoms with Crippen LogP contribution in [0.25, 0.3) is 0 Å². The molecule has 1 atom stereocenters. The van der Waals surface area contributed by atoms with Gasteiger partial charge in [-0.1, -0.05) is 18.5 Å². The van der Waals surface area contributed by atoms with Crippen LogP contribution in [0.3, 0.4) is 0 Å². The van der Waals surface area contributed by atoms with E-state index in [1.54, 1.807) is 11.3 Å². The van der Waals surface area contributed by atoms with Crippen LogP contribution in [0, 0.1) is 25.5 Å². The third-order valence-corrected chi connectivity index (χ3v) is 4.61. The van der Waals surface area contributed by atoms with Gasteiger partial charge < -0.3 is 5.32 Å². The predicted molar refractivity (Wildman–Crippen MR) is 80.7 cm³/mol. The molecule has 2 aromatic rings. The van der Waals surface area contributed by atoms with E-state index in [2.05, 4.69) is 11.4 Å². The molecule has 0 spiro atoms. The monoisotopic (exact) mass is 315 g/mol. The highest BCUT2D eigenvalue weighted by molar-refractivity contribution is 7.12. The first kappa shape index (κ1) is 15.4. The maximum absolute atomic E-state index is 14.1. The molecule has 1 unspecified atom stereocenters. The third kappa shape index (κ3) is 3.03. The molecule has 0 aliphatic heterocycles. The maximum atomic E-state index is 14.1. The van der Waals surface area contributed by atoms with Gasteiger partial charge in [0.2, 0.25) is 0 Å². The largest absolute Gasteiger partial charge is 0.306 e. The summed E-state index contributed by atoms with van der Waals surface area (Å²) in [7, 11) is 0. The number of thiophene rings is 1. The average Bonchev–Trinajstić information content (AvgIpc) is 2.70. The lowest BCUT2D eigenvalue weighted by Crippen LogP contribution is -2.23. The Morgan fingerprint density at radius 3 is 2.45 bits per heavy atom. The molecule has 1 aromatic heterocycles. The van der Waals surface area contributed by atoms with E-state index in [1.807, 2.05) is 20.8 Å². The van der Waals surface area contributed by atoms with Gasteiger partial charge >= 0.3 is 0 Å². The number of rotatable bonds is 4. The van der Waals surface area contributed by atoms with E-state index in [0.717, 1.165) is 21.4 Å². The van der Waals surface area contributed by atoms with Crippen molar-refractivity contribution in [1.82, 2.24) is 5.32 Å². The van der Waals surface area contributed by atoms with Crippen molar-refractivity contribution in [3.8, 4) is 0 Å². The lowest BCUT2D eigenvalue weighted by molar-refractivity contribution is 0.547. The van der Waals surface area contributed by atoms with Gasteiger partial charge in [0.25, 0.3) is 0 Å². The molecule has 0 saturated carbocycles. The molecule has 0 aliphatic rings. The van der Waals surface area contributed by atoms with Gasteiger partial charge in [-0.2, -0.15) is 0 Å². The fourth-order valence-electron chi connectivity index (χ4n) is 2.25. The summed E-state index contributed by atoms with van der Waals surface area (Å²) in [6, 6.07) is 3.91. The van der Waals surface area contributed by atoms with E-state index in [-0.39, 0.29) is 11.1 Å². The normalized spacial score (nSPS) is 12.7. The number of halogens is 3. The van der Waals surface area contributed by atoms with Gasteiger partial charge in [0.05, 0.1) is 11.1 Å². The van der Waals surface area contributed by atoms with Crippen molar-refractivity contribution >= 4 is 22.9 Å². The minimum atomic E-state index is -0.600. The molecule has 108 valence electrons. The summed E-state index contributed by atoms with van der Waals surface area (Å²) in [5.41, 5.74) is 1.37. The Morgan fingerprint density at radius 2 is 1.90 bits per heavy atom. The second-order valence-corrected chi connectivity index (χ2v) is 6.38. The molecule has 20 heavy (non-hydrogen) atoms. The second kappa shape index (κ2) is 6.20. The SMILES string of the molecule is CCNC(c1cc(F)c(Cl)cc1F)c1sc(C)cc1C. The van der Waals surface area contributed by atoms with Gasteiger partial charge in [-0.15, -0.1) is 11.3 Å². The molecule has 1 aromatic carbocycles. The molecule has 2 rings (SSSR count). The molecular weight excluding hydrogens is 300 g/mol. The molecule has 1 N–H and O–H groups in total. The maximum Gasteiger partial charge on any atom is 0.142 e. The molecule has 0 saturated heterocycles. The highest BCUT2D eigenvalue weighted by atomic mass is 35.5. The van der Waals surface area contributed by atoms with E-state index in [9.17, 15) is 8.78 Å². The first-order valence-corrected chi connectivity index (χ1v) is 7.58. The molecule has 0 radical (unpaired) electrons. The fourth-order valence-corrected chi connectivity index (χ4v) is 3.53. The van der Waals surface area contributed by atoms with E-state index in [1.165, 1.54) is 6.07 Å². The van der Waals surface area contributed by atoms with Gasteiger partial charge in [-0.3, -0.25) is 0 Å². The number of hydrogen-bond donors (Lipinski definition) is 1. The van der Waals surface area contributed by atoms with Crippen molar-refractivity contribution in [2.75, 3.05) is 6.54 Å². The van der Waals surface area contributed by atoms with Crippen LogP contribution in [-0.2, 0) is 0 Å². The van der Waals surface area contributed by atoms with Crippen LogP contribution < -0.4 is 5.32 Å². The Balaban J connectivity index is 2.54. The predicted octanol–water partition coefficient (Wildman–Crippen LogP) is 5.00. The fraction of sp³-hybridized carbons (Fsp3) is 0.333. The standard InChI is InChI=1S/C15H16ClF2NS/c1-4-19-14(15-8(2)5-9(3)20-15)10-6-13(18)11(16)7-12(10)17/h5-7,14,19H,4H2,1-3H3. The van der Waals surface area contributed by atoms with E-state index in [0.29, 0.717) is 12.1 Å². The second-order valence-electron chi connectivity index (χ2n) is 4.68. The van der Waals surface area contributed by atoms with Gasteiger partial charge in [-0.05, 0) is 44.2 Å². The lowest BCUT2D eigenvalue weighted by Gasteiger charge is -2.19. The summed E-state index contributed by atoms with van der Waals surface area (Å²) >= 11 is 7.21. The molecule has 0 bridgehead atoms. The van der Waals surface area contributed by atoms with Crippen LogP contribution in [0.1, 0.15) is 33.8 Å². The third-order valence-electron chi connectivity index (χ3n) is 3.10. The van der Waals surface area contributed by atoms with Crippen LogP contribution in [0.4, 0.5) is 8.78 Å².